The molecular weight excluding hydrogens is 721 g/mol. The van der Waals surface area contributed by atoms with Crippen LogP contribution in [0.25, 0.3) is 109 Å². The Morgan fingerprint density at radius 2 is 0.931 bits per heavy atom. The molecule has 0 saturated heterocycles. The molecule has 2 aromatic heterocycles. The Labute approximate surface area is 340 Å². The zero-order valence-electron chi connectivity index (χ0n) is 32.1. The monoisotopic (exact) mass is 756 g/mol. The molecule has 11 aromatic rings. The predicted octanol–water partition coefficient (Wildman–Crippen LogP) is 15.3. The van der Waals surface area contributed by atoms with Gasteiger partial charge in [0.25, 0.3) is 0 Å². The zero-order chi connectivity index (χ0) is 38.5. The Bertz CT molecular complexity index is 3450. The van der Waals surface area contributed by atoms with Crippen molar-refractivity contribution in [3.05, 3.63) is 193 Å². The van der Waals surface area contributed by atoms with Gasteiger partial charge in [0.15, 0.2) is 0 Å². The SMILES string of the molecule is CC1(C)c2cc(-c3cccc(-c4ccc(-c5cnc6c7ccccc7c7ccccc7c6n5)cc4)c3)ccc2-c2ccc(-c3cccc4c3sc3ccccc34)cc21. The quantitative estimate of drug-likeness (QED) is 0.167. The van der Waals surface area contributed by atoms with Gasteiger partial charge in [-0.05, 0) is 90.7 Å². The van der Waals surface area contributed by atoms with E-state index in [4.69, 9.17) is 9.97 Å². The van der Waals surface area contributed by atoms with Crippen molar-refractivity contribution in [2.75, 3.05) is 0 Å². The summed E-state index contributed by atoms with van der Waals surface area (Å²) in [4.78, 5) is 10.2. The van der Waals surface area contributed by atoms with Gasteiger partial charge in [-0.2, -0.15) is 0 Å². The summed E-state index contributed by atoms with van der Waals surface area (Å²) in [7, 11) is 0. The molecule has 0 N–H and O–H groups in total. The topological polar surface area (TPSA) is 25.8 Å². The Hall–Kier alpha value is -6.94. The smallest absolute Gasteiger partial charge is 0.0979 e. The van der Waals surface area contributed by atoms with Gasteiger partial charge in [0.2, 0.25) is 0 Å². The van der Waals surface area contributed by atoms with Crippen LogP contribution in [0.4, 0.5) is 0 Å². The van der Waals surface area contributed by atoms with Gasteiger partial charge < -0.3 is 0 Å². The van der Waals surface area contributed by atoms with Crippen molar-refractivity contribution in [1.29, 1.82) is 0 Å². The van der Waals surface area contributed by atoms with Crippen molar-refractivity contribution in [3.63, 3.8) is 0 Å². The van der Waals surface area contributed by atoms with Crippen LogP contribution in [0.3, 0.4) is 0 Å². The summed E-state index contributed by atoms with van der Waals surface area (Å²) in [6.07, 6.45) is 1.92. The Morgan fingerprint density at radius 3 is 1.67 bits per heavy atom. The molecule has 9 aromatic carbocycles. The van der Waals surface area contributed by atoms with Crippen LogP contribution >= 0.6 is 11.3 Å². The second-order valence-corrected chi connectivity index (χ2v) is 17.2. The molecule has 0 atom stereocenters. The van der Waals surface area contributed by atoms with Crippen LogP contribution in [0.2, 0.25) is 0 Å². The fourth-order valence-electron chi connectivity index (χ4n) is 9.53. The Balaban J connectivity index is 0.863. The van der Waals surface area contributed by atoms with E-state index in [1.54, 1.807) is 0 Å². The van der Waals surface area contributed by atoms with Crippen molar-refractivity contribution in [2.24, 2.45) is 0 Å². The molecule has 0 saturated carbocycles. The lowest BCUT2D eigenvalue weighted by molar-refractivity contribution is 0.661. The van der Waals surface area contributed by atoms with Gasteiger partial charge in [-0.3, -0.25) is 4.98 Å². The third-order valence-electron chi connectivity index (χ3n) is 12.5. The fourth-order valence-corrected chi connectivity index (χ4v) is 10.8. The lowest BCUT2D eigenvalue weighted by Gasteiger charge is -2.23. The first-order chi connectivity index (χ1) is 28.5. The fraction of sp³-hybridized carbons (Fsp3) is 0.0545. The summed E-state index contributed by atoms with van der Waals surface area (Å²) < 4.78 is 2.70. The number of hydrogen-bond donors (Lipinski definition) is 0. The summed E-state index contributed by atoms with van der Waals surface area (Å²) in [5.41, 5.74) is 16.5. The first-order valence-corrected chi connectivity index (χ1v) is 20.8. The minimum absolute atomic E-state index is 0.136. The molecule has 0 bridgehead atoms. The summed E-state index contributed by atoms with van der Waals surface area (Å²) >= 11 is 1.90. The van der Waals surface area contributed by atoms with Crippen LogP contribution in [-0.4, -0.2) is 9.97 Å². The molecule has 0 spiro atoms. The normalized spacial score (nSPS) is 13.1. The largest absolute Gasteiger partial charge is 0.252 e. The highest BCUT2D eigenvalue weighted by Gasteiger charge is 2.36. The van der Waals surface area contributed by atoms with Crippen LogP contribution in [0.1, 0.15) is 25.0 Å². The first kappa shape index (κ1) is 33.2. The Kier molecular flexibility index (Phi) is 7.18. The van der Waals surface area contributed by atoms with Crippen molar-refractivity contribution in [3.8, 4) is 55.8 Å². The maximum Gasteiger partial charge on any atom is 0.0979 e. The second-order valence-electron chi connectivity index (χ2n) is 16.1. The van der Waals surface area contributed by atoms with E-state index in [-0.39, 0.29) is 5.41 Å². The van der Waals surface area contributed by atoms with E-state index < -0.39 is 0 Å². The molecule has 2 heterocycles. The number of hydrogen-bond acceptors (Lipinski definition) is 3. The summed E-state index contributed by atoms with van der Waals surface area (Å²) in [5.74, 6) is 0. The van der Waals surface area contributed by atoms with Gasteiger partial charge >= 0.3 is 0 Å². The van der Waals surface area contributed by atoms with Crippen molar-refractivity contribution in [1.82, 2.24) is 9.97 Å². The number of thiophene rings is 1. The molecule has 1 aliphatic rings. The summed E-state index contributed by atoms with van der Waals surface area (Å²) in [6, 6.07) is 64.4. The van der Waals surface area contributed by atoms with Gasteiger partial charge in [0.1, 0.15) is 0 Å². The van der Waals surface area contributed by atoms with Crippen LogP contribution in [-0.2, 0) is 5.41 Å². The molecule has 3 heteroatoms. The molecule has 2 nitrogen and oxygen atoms in total. The molecule has 0 radical (unpaired) electrons. The van der Waals surface area contributed by atoms with Crippen LogP contribution in [0, 0.1) is 0 Å². The van der Waals surface area contributed by atoms with E-state index in [0.29, 0.717) is 0 Å². The molecule has 58 heavy (non-hydrogen) atoms. The number of nitrogens with zero attached hydrogens (tertiary/aromatic N) is 2. The predicted molar refractivity (Wildman–Crippen MR) is 247 cm³/mol. The van der Waals surface area contributed by atoms with E-state index in [9.17, 15) is 0 Å². The molecule has 0 fully saturated rings. The van der Waals surface area contributed by atoms with Gasteiger partial charge in [-0.1, -0.05) is 166 Å². The molecular formula is C55H36N2S. The summed E-state index contributed by atoms with van der Waals surface area (Å²) in [6.45, 7) is 4.77. The van der Waals surface area contributed by atoms with E-state index in [1.807, 2.05) is 17.5 Å². The highest BCUT2D eigenvalue weighted by Crippen LogP contribution is 2.51. The maximum atomic E-state index is 5.21. The first-order valence-electron chi connectivity index (χ1n) is 20.0. The van der Waals surface area contributed by atoms with Gasteiger partial charge in [0.05, 0.1) is 22.9 Å². The van der Waals surface area contributed by atoms with Gasteiger partial charge in [-0.25, -0.2) is 4.98 Å². The number of rotatable bonds is 4. The van der Waals surface area contributed by atoms with Crippen LogP contribution in [0.5, 0.6) is 0 Å². The zero-order valence-corrected chi connectivity index (χ0v) is 32.9. The minimum Gasteiger partial charge on any atom is -0.252 e. The maximum absolute atomic E-state index is 5.21. The van der Waals surface area contributed by atoms with E-state index in [0.717, 1.165) is 33.1 Å². The number of aromatic nitrogens is 2. The van der Waals surface area contributed by atoms with E-state index in [2.05, 4.69) is 190 Å². The van der Waals surface area contributed by atoms with Crippen molar-refractivity contribution >= 4 is 64.1 Å². The van der Waals surface area contributed by atoms with E-state index in [1.165, 1.54) is 86.6 Å². The standard InChI is InChI=1S/C55H36N2S/c1-55(2)48-30-37(25-27-42(48)43-28-26-38(31-49(43)55)39-18-10-19-47-44-15-7-8-20-51(44)58-54(39)47)36-12-9-11-35(29-36)33-21-23-34(24-22-33)50-32-56-52-45-16-5-3-13-40(45)41-14-4-6-17-46(41)53(52)57-50/h3-32H,1-2H3. The lowest BCUT2D eigenvalue weighted by Crippen LogP contribution is -2.15. The molecule has 0 amide bonds. The van der Waals surface area contributed by atoms with E-state index >= 15 is 0 Å². The molecule has 272 valence electrons. The molecule has 0 aliphatic heterocycles. The molecule has 1 aliphatic carbocycles. The van der Waals surface area contributed by atoms with Gasteiger partial charge in [-0.15, -0.1) is 11.3 Å². The summed E-state index contributed by atoms with van der Waals surface area (Å²) in [5, 5.41) is 7.35. The molecule has 12 rings (SSSR count). The van der Waals surface area contributed by atoms with Crippen molar-refractivity contribution < 1.29 is 0 Å². The highest BCUT2D eigenvalue weighted by atomic mass is 32.1. The minimum atomic E-state index is -0.136. The average molecular weight is 757 g/mol. The number of benzene rings is 9. The van der Waals surface area contributed by atoms with Crippen LogP contribution < -0.4 is 0 Å². The Morgan fingerprint density at radius 1 is 0.397 bits per heavy atom. The third-order valence-corrected chi connectivity index (χ3v) is 13.7. The molecule has 0 unspecified atom stereocenters. The number of fused-ring (bicyclic) bond motifs is 12. The second kappa shape index (κ2) is 12.5. The van der Waals surface area contributed by atoms with Crippen LogP contribution in [0.15, 0.2) is 182 Å². The van der Waals surface area contributed by atoms with Gasteiger partial charge in [0, 0.05) is 41.9 Å². The lowest BCUT2D eigenvalue weighted by atomic mass is 9.80. The third kappa shape index (κ3) is 4.97. The average Bonchev–Trinajstić information content (AvgIpc) is 3.78. The highest BCUT2D eigenvalue weighted by molar-refractivity contribution is 7.26. The van der Waals surface area contributed by atoms with Crippen molar-refractivity contribution in [2.45, 2.75) is 19.3 Å².